The van der Waals surface area contributed by atoms with Crippen LogP contribution < -0.4 is 15.5 Å². The average molecular weight is 413 g/mol. The lowest BCUT2D eigenvalue weighted by molar-refractivity contribution is -0.142. The van der Waals surface area contributed by atoms with Gasteiger partial charge in [-0.15, -0.1) is 0 Å². The first kappa shape index (κ1) is 22.1. The van der Waals surface area contributed by atoms with Gasteiger partial charge in [0.1, 0.15) is 5.75 Å². The van der Waals surface area contributed by atoms with Crippen LogP contribution in [0.1, 0.15) is 15.9 Å². The first-order chi connectivity index (χ1) is 14.4. The van der Waals surface area contributed by atoms with Gasteiger partial charge in [0.2, 0.25) is 0 Å². The third-order valence-electron chi connectivity index (χ3n) is 3.61. The van der Waals surface area contributed by atoms with Crippen LogP contribution in [0.25, 0.3) is 0 Å². The predicted octanol–water partition coefficient (Wildman–Crippen LogP) is 1.11. The molecule has 2 rings (SSSR count). The molecule has 0 aliphatic heterocycles. The Morgan fingerprint density at radius 2 is 1.57 bits per heavy atom. The van der Waals surface area contributed by atoms with Crippen LogP contribution in [0.5, 0.6) is 5.75 Å². The Morgan fingerprint density at radius 1 is 0.900 bits per heavy atom. The fraction of sp³-hybridized carbons (Fsp3) is 0.150. The molecule has 0 aliphatic rings. The number of amides is 2. The number of anilines is 1. The van der Waals surface area contributed by atoms with E-state index in [4.69, 9.17) is 4.74 Å². The highest BCUT2D eigenvalue weighted by Gasteiger charge is 2.13. The normalized spacial score (nSPS) is 10.2. The number of benzene rings is 2. The summed E-state index contributed by atoms with van der Waals surface area (Å²) in [6.45, 7) is -0.208. The van der Waals surface area contributed by atoms with Gasteiger partial charge in [0, 0.05) is 5.69 Å². The van der Waals surface area contributed by atoms with Crippen LogP contribution in [0.15, 0.2) is 53.6 Å². The third-order valence-corrected chi connectivity index (χ3v) is 3.61. The van der Waals surface area contributed by atoms with Crippen molar-refractivity contribution < 1.29 is 33.4 Å². The van der Waals surface area contributed by atoms with Gasteiger partial charge in [0.25, 0.3) is 0 Å². The molecule has 0 aliphatic carbocycles. The average Bonchev–Trinajstić information content (AvgIpc) is 2.78. The van der Waals surface area contributed by atoms with E-state index < -0.39 is 23.8 Å². The number of ether oxygens (including phenoxy) is 3. The molecule has 0 saturated heterocycles. The Morgan fingerprint density at radius 3 is 2.17 bits per heavy atom. The second-order valence-corrected chi connectivity index (χ2v) is 5.66. The van der Waals surface area contributed by atoms with Crippen molar-refractivity contribution in [2.45, 2.75) is 0 Å². The SMILES string of the molecule is COC(=O)COc1ccc(/C=N\NC(=O)C(=O)Nc2ccc(C(=O)OC)cc2)cc1. The molecule has 156 valence electrons. The quantitative estimate of drug-likeness (QED) is 0.301. The van der Waals surface area contributed by atoms with E-state index in [2.05, 4.69) is 25.3 Å². The van der Waals surface area contributed by atoms with Crippen molar-refractivity contribution in [3.63, 3.8) is 0 Å². The first-order valence-electron chi connectivity index (χ1n) is 8.55. The molecule has 0 bridgehead atoms. The topological polar surface area (TPSA) is 132 Å². The van der Waals surface area contributed by atoms with Crippen LogP contribution in [-0.4, -0.2) is 50.8 Å². The number of carbonyl (C=O) groups is 4. The number of hydrazone groups is 1. The highest BCUT2D eigenvalue weighted by atomic mass is 16.6. The van der Waals surface area contributed by atoms with Gasteiger partial charge in [-0.25, -0.2) is 15.0 Å². The third kappa shape index (κ3) is 6.75. The van der Waals surface area contributed by atoms with Crippen molar-refractivity contribution in [3.05, 3.63) is 59.7 Å². The second-order valence-electron chi connectivity index (χ2n) is 5.66. The maximum absolute atomic E-state index is 11.9. The molecule has 2 amide bonds. The molecule has 0 fully saturated rings. The minimum Gasteiger partial charge on any atom is -0.482 e. The molecule has 0 spiro atoms. The van der Waals surface area contributed by atoms with Crippen molar-refractivity contribution in [2.24, 2.45) is 5.10 Å². The Kier molecular flexibility index (Phi) is 8.06. The Labute approximate surface area is 171 Å². The molecule has 2 aromatic rings. The summed E-state index contributed by atoms with van der Waals surface area (Å²) in [6.07, 6.45) is 1.33. The molecule has 0 heterocycles. The van der Waals surface area contributed by atoms with E-state index in [0.717, 1.165) is 0 Å². The van der Waals surface area contributed by atoms with Crippen molar-refractivity contribution in [1.82, 2.24) is 5.43 Å². The van der Waals surface area contributed by atoms with Gasteiger partial charge in [-0.1, -0.05) is 0 Å². The fourth-order valence-corrected chi connectivity index (χ4v) is 2.06. The van der Waals surface area contributed by atoms with Crippen molar-refractivity contribution in [1.29, 1.82) is 0 Å². The molecule has 0 unspecified atom stereocenters. The first-order valence-corrected chi connectivity index (χ1v) is 8.55. The van der Waals surface area contributed by atoms with Gasteiger partial charge in [0.15, 0.2) is 6.61 Å². The van der Waals surface area contributed by atoms with Gasteiger partial charge >= 0.3 is 23.8 Å². The number of nitrogens with one attached hydrogen (secondary N) is 2. The molecule has 0 atom stereocenters. The highest BCUT2D eigenvalue weighted by Crippen LogP contribution is 2.11. The molecular weight excluding hydrogens is 394 g/mol. The summed E-state index contributed by atoms with van der Waals surface area (Å²) in [5.41, 5.74) is 3.37. The summed E-state index contributed by atoms with van der Waals surface area (Å²) in [4.78, 5) is 46.1. The molecular formula is C20H19N3O7. The minimum atomic E-state index is -0.971. The summed E-state index contributed by atoms with van der Waals surface area (Å²) < 4.78 is 14.3. The van der Waals surface area contributed by atoms with E-state index in [9.17, 15) is 19.2 Å². The monoisotopic (exact) mass is 413 g/mol. The maximum Gasteiger partial charge on any atom is 0.343 e. The lowest BCUT2D eigenvalue weighted by atomic mass is 10.2. The van der Waals surface area contributed by atoms with Crippen molar-refractivity contribution in [2.75, 3.05) is 26.1 Å². The van der Waals surface area contributed by atoms with Gasteiger partial charge in [-0.3, -0.25) is 9.59 Å². The van der Waals surface area contributed by atoms with E-state index in [0.29, 0.717) is 22.6 Å². The van der Waals surface area contributed by atoms with Crippen LogP contribution in [-0.2, 0) is 23.9 Å². The van der Waals surface area contributed by atoms with Crippen LogP contribution in [0.3, 0.4) is 0 Å². The fourth-order valence-electron chi connectivity index (χ4n) is 2.06. The van der Waals surface area contributed by atoms with Crippen LogP contribution in [0, 0.1) is 0 Å². The number of rotatable bonds is 7. The van der Waals surface area contributed by atoms with Gasteiger partial charge in [-0.2, -0.15) is 5.10 Å². The summed E-state index contributed by atoms with van der Waals surface area (Å²) in [5, 5.41) is 6.09. The van der Waals surface area contributed by atoms with E-state index >= 15 is 0 Å². The molecule has 2 N–H and O–H groups in total. The zero-order valence-electron chi connectivity index (χ0n) is 16.2. The minimum absolute atomic E-state index is 0.208. The zero-order valence-corrected chi connectivity index (χ0v) is 16.2. The molecule has 0 aromatic heterocycles. The smallest absolute Gasteiger partial charge is 0.343 e. The van der Waals surface area contributed by atoms with Crippen LogP contribution >= 0.6 is 0 Å². The summed E-state index contributed by atoms with van der Waals surface area (Å²) >= 11 is 0. The number of hydrogen-bond donors (Lipinski definition) is 2. The lowest BCUT2D eigenvalue weighted by Crippen LogP contribution is -2.32. The molecule has 0 saturated carbocycles. The summed E-state index contributed by atoms with van der Waals surface area (Å²) in [7, 11) is 2.52. The van der Waals surface area contributed by atoms with Crippen molar-refractivity contribution in [3.8, 4) is 5.75 Å². The Hall–Kier alpha value is -4.21. The predicted molar refractivity (Wildman–Crippen MR) is 106 cm³/mol. The Balaban J connectivity index is 1.82. The highest BCUT2D eigenvalue weighted by molar-refractivity contribution is 6.39. The summed E-state index contributed by atoms with van der Waals surface area (Å²) in [5.74, 6) is -2.45. The van der Waals surface area contributed by atoms with Gasteiger partial charge in [0.05, 0.1) is 26.0 Å². The molecule has 10 heteroatoms. The van der Waals surface area contributed by atoms with Gasteiger partial charge < -0.3 is 19.5 Å². The zero-order chi connectivity index (χ0) is 21.9. The standard InChI is InChI=1S/C20H19N3O7/c1-28-17(24)12-30-16-9-3-13(4-10-16)11-21-23-19(26)18(25)22-15-7-5-14(6-8-15)20(27)29-2/h3-11H,12H2,1-2H3,(H,22,25)(H,23,26)/b21-11-. The van der Waals surface area contributed by atoms with Crippen molar-refractivity contribution >= 4 is 35.7 Å². The number of nitrogens with zero attached hydrogens (tertiary/aromatic N) is 1. The van der Waals surface area contributed by atoms with Crippen LogP contribution in [0.4, 0.5) is 5.69 Å². The number of esters is 2. The lowest BCUT2D eigenvalue weighted by Gasteiger charge is -2.05. The van der Waals surface area contributed by atoms with E-state index in [1.807, 2.05) is 0 Å². The molecule has 0 radical (unpaired) electrons. The van der Waals surface area contributed by atoms with E-state index in [1.165, 1.54) is 44.7 Å². The Bertz CT molecular complexity index is 938. The van der Waals surface area contributed by atoms with Crippen LogP contribution in [0.2, 0.25) is 0 Å². The molecule has 30 heavy (non-hydrogen) atoms. The molecule has 2 aromatic carbocycles. The summed E-state index contributed by atoms with van der Waals surface area (Å²) in [6, 6.07) is 12.3. The largest absolute Gasteiger partial charge is 0.482 e. The molecule has 10 nitrogen and oxygen atoms in total. The van der Waals surface area contributed by atoms with E-state index in [-0.39, 0.29) is 6.61 Å². The maximum atomic E-state index is 11.9. The number of carbonyl (C=O) groups excluding carboxylic acids is 4. The van der Waals surface area contributed by atoms with Gasteiger partial charge in [-0.05, 0) is 54.1 Å². The number of hydrogen-bond acceptors (Lipinski definition) is 8. The van der Waals surface area contributed by atoms with E-state index in [1.54, 1.807) is 24.3 Å². The second kappa shape index (κ2) is 11.0. The number of methoxy groups -OCH3 is 2.